The standard InChI is InChI=1S/C11H14N6O/c1-7-14-8(2)17(15-7)6-9-3-4-13-10(5-9)11(12)16-18/h3-5,18H,6H2,1-2H3,(H2,12,16). The maximum absolute atomic E-state index is 8.61. The van der Waals surface area contributed by atoms with Gasteiger partial charge in [0.2, 0.25) is 0 Å². The fourth-order valence-electron chi connectivity index (χ4n) is 1.65. The molecule has 94 valence electrons. The van der Waals surface area contributed by atoms with Crippen LogP contribution in [0.5, 0.6) is 0 Å². The Labute approximate surface area is 104 Å². The number of hydrogen-bond donors (Lipinski definition) is 2. The average molecular weight is 246 g/mol. The largest absolute Gasteiger partial charge is 0.409 e. The SMILES string of the molecule is Cc1nc(C)n(Cc2ccnc(C(N)=NO)c2)n1. The minimum absolute atomic E-state index is 0.0108. The van der Waals surface area contributed by atoms with E-state index in [1.807, 2.05) is 19.9 Å². The number of oxime groups is 1. The zero-order valence-corrected chi connectivity index (χ0v) is 10.2. The third kappa shape index (κ3) is 2.45. The smallest absolute Gasteiger partial charge is 0.188 e. The molecule has 0 aliphatic rings. The van der Waals surface area contributed by atoms with Crippen molar-refractivity contribution in [1.82, 2.24) is 19.7 Å². The molecule has 0 bridgehead atoms. The Balaban J connectivity index is 2.27. The van der Waals surface area contributed by atoms with Crippen molar-refractivity contribution in [2.45, 2.75) is 20.4 Å². The van der Waals surface area contributed by atoms with Gasteiger partial charge in [0.15, 0.2) is 5.84 Å². The second-order valence-corrected chi connectivity index (χ2v) is 3.90. The zero-order valence-electron chi connectivity index (χ0n) is 10.2. The number of aromatic nitrogens is 4. The quantitative estimate of drug-likeness (QED) is 0.354. The molecule has 0 spiro atoms. The van der Waals surface area contributed by atoms with E-state index in [0.29, 0.717) is 12.2 Å². The van der Waals surface area contributed by atoms with E-state index >= 15 is 0 Å². The highest BCUT2D eigenvalue weighted by molar-refractivity contribution is 5.95. The van der Waals surface area contributed by atoms with Crippen molar-refractivity contribution in [2.24, 2.45) is 10.9 Å². The maximum Gasteiger partial charge on any atom is 0.188 e. The summed E-state index contributed by atoms with van der Waals surface area (Å²) in [5.74, 6) is 1.57. The molecule has 0 saturated heterocycles. The molecular weight excluding hydrogens is 232 g/mol. The Hall–Kier alpha value is -2.44. The lowest BCUT2D eigenvalue weighted by Crippen LogP contribution is -2.15. The molecule has 7 heteroatoms. The molecule has 3 N–H and O–H groups in total. The van der Waals surface area contributed by atoms with Gasteiger partial charge in [0.25, 0.3) is 0 Å². The van der Waals surface area contributed by atoms with Crippen molar-refractivity contribution in [3.63, 3.8) is 0 Å². The maximum atomic E-state index is 8.61. The molecule has 0 unspecified atom stereocenters. The van der Waals surface area contributed by atoms with Crippen molar-refractivity contribution in [2.75, 3.05) is 0 Å². The summed E-state index contributed by atoms with van der Waals surface area (Å²) >= 11 is 0. The van der Waals surface area contributed by atoms with Crippen LogP contribution in [-0.4, -0.2) is 30.8 Å². The van der Waals surface area contributed by atoms with Crippen LogP contribution in [0, 0.1) is 13.8 Å². The Bertz CT molecular complexity index is 589. The molecule has 0 aliphatic heterocycles. The van der Waals surface area contributed by atoms with Gasteiger partial charge < -0.3 is 10.9 Å². The second-order valence-electron chi connectivity index (χ2n) is 3.90. The lowest BCUT2D eigenvalue weighted by atomic mass is 10.2. The summed E-state index contributed by atoms with van der Waals surface area (Å²) in [5, 5.41) is 15.8. The van der Waals surface area contributed by atoms with Gasteiger partial charge in [0.1, 0.15) is 17.3 Å². The van der Waals surface area contributed by atoms with Crippen LogP contribution in [0.15, 0.2) is 23.5 Å². The van der Waals surface area contributed by atoms with Crippen molar-refractivity contribution in [3.05, 3.63) is 41.2 Å². The first-order valence-electron chi connectivity index (χ1n) is 5.41. The predicted molar refractivity (Wildman–Crippen MR) is 65.3 cm³/mol. The Morgan fingerprint density at radius 3 is 2.89 bits per heavy atom. The molecule has 2 aromatic heterocycles. The molecule has 0 radical (unpaired) electrons. The second kappa shape index (κ2) is 4.82. The zero-order chi connectivity index (χ0) is 13.1. The van der Waals surface area contributed by atoms with Crippen LogP contribution >= 0.6 is 0 Å². The molecule has 0 amide bonds. The van der Waals surface area contributed by atoms with E-state index in [-0.39, 0.29) is 5.84 Å². The van der Waals surface area contributed by atoms with Gasteiger partial charge in [-0.1, -0.05) is 5.16 Å². The number of hydrogen-bond acceptors (Lipinski definition) is 5. The molecule has 2 heterocycles. The monoisotopic (exact) mass is 246 g/mol. The summed E-state index contributed by atoms with van der Waals surface area (Å²) in [4.78, 5) is 8.25. The minimum Gasteiger partial charge on any atom is -0.409 e. The van der Waals surface area contributed by atoms with Gasteiger partial charge in [0, 0.05) is 6.20 Å². The summed E-state index contributed by atoms with van der Waals surface area (Å²) in [5.41, 5.74) is 6.89. The molecule has 0 fully saturated rings. The van der Waals surface area contributed by atoms with E-state index in [2.05, 4.69) is 20.2 Å². The Morgan fingerprint density at radius 2 is 2.28 bits per heavy atom. The summed E-state index contributed by atoms with van der Waals surface area (Å²) in [6.45, 7) is 4.31. The van der Waals surface area contributed by atoms with Crippen LogP contribution in [-0.2, 0) is 6.54 Å². The van der Waals surface area contributed by atoms with Crippen LogP contribution in [0.4, 0.5) is 0 Å². The van der Waals surface area contributed by atoms with Crippen LogP contribution in [0.2, 0.25) is 0 Å². The molecule has 0 saturated carbocycles. The first kappa shape index (κ1) is 12.0. The van der Waals surface area contributed by atoms with Crippen molar-refractivity contribution in [3.8, 4) is 0 Å². The van der Waals surface area contributed by atoms with Gasteiger partial charge in [-0.15, -0.1) is 0 Å². The number of pyridine rings is 1. The number of aryl methyl sites for hydroxylation is 2. The topological polar surface area (TPSA) is 102 Å². The lowest BCUT2D eigenvalue weighted by molar-refractivity contribution is 0.318. The van der Waals surface area contributed by atoms with Gasteiger partial charge in [-0.2, -0.15) is 5.10 Å². The van der Waals surface area contributed by atoms with Crippen LogP contribution in [0.25, 0.3) is 0 Å². The highest BCUT2D eigenvalue weighted by Crippen LogP contribution is 2.06. The number of amidine groups is 1. The highest BCUT2D eigenvalue weighted by Gasteiger charge is 2.06. The fourth-order valence-corrected chi connectivity index (χ4v) is 1.65. The molecule has 0 atom stereocenters. The highest BCUT2D eigenvalue weighted by atomic mass is 16.4. The van der Waals surface area contributed by atoms with Crippen molar-refractivity contribution >= 4 is 5.84 Å². The third-order valence-electron chi connectivity index (χ3n) is 2.49. The number of nitrogens with zero attached hydrogens (tertiary/aromatic N) is 5. The Morgan fingerprint density at radius 1 is 1.50 bits per heavy atom. The van der Waals surface area contributed by atoms with E-state index in [1.54, 1.807) is 16.9 Å². The van der Waals surface area contributed by atoms with Gasteiger partial charge in [-0.25, -0.2) is 9.67 Å². The van der Waals surface area contributed by atoms with Gasteiger partial charge in [-0.05, 0) is 31.5 Å². The summed E-state index contributed by atoms with van der Waals surface area (Å²) in [6, 6.07) is 3.61. The van der Waals surface area contributed by atoms with E-state index in [9.17, 15) is 0 Å². The molecular formula is C11H14N6O. The summed E-state index contributed by atoms with van der Waals surface area (Å²) in [6.07, 6.45) is 1.61. The normalized spacial score (nSPS) is 11.8. The first-order chi connectivity index (χ1) is 8.60. The van der Waals surface area contributed by atoms with Crippen LogP contribution < -0.4 is 5.73 Å². The van der Waals surface area contributed by atoms with Crippen LogP contribution in [0.3, 0.4) is 0 Å². The molecule has 18 heavy (non-hydrogen) atoms. The molecule has 2 rings (SSSR count). The van der Waals surface area contributed by atoms with E-state index in [4.69, 9.17) is 10.9 Å². The summed E-state index contributed by atoms with van der Waals surface area (Å²) in [7, 11) is 0. The summed E-state index contributed by atoms with van der Waals surface area (Å²) < 4.78 is 1.79. The number of rotatable bonds is 3. The van der Waals surface area contributed by atoms with Gasteiger partial charge in [0.05, 0.1) is 6.54 Å². The van der Waals surface area contributed by atoms with Crippen LogP contribution in [0.1, 0.15) is 22.9 Å². The number of nitrogens with two attached hydrogens (primary N) is 1. The molecule has 7 nitrogen and oxygen atoms in total. The fraction of sp³-hybridized carbons (Fsp3) is 0.273. The van der Waals surface area contributed by atoms with E-state index in [0.717, 1.165) is 17.2 Å². The van der Waals surface area contributed by atoms with E-state index in [1.165, 1.54) is 0 Å². The van der Waals surface area contributed by atoms with Crippen molar-refractivity contribution in [1.29, 1.82) is 0 Å². The third-order valence-corrected chi connectivity index (χ3v) is 2.49. The van der Waals surface area contributed by atoms with Crippen molar-refractivity contribution < 1.29 is 5.21 Å². The van der Waals surface area contributed by atoms with Gasteiger partial charge >= 0.3 is 0 Å². The molecule has 0 aliphatic carbocycles. The van der Waals surface area contributed by atoms with E-state index < -0.39 is 0 Å². The van der Waals surface area contributed by atoms with Gasteiger partial charge in [-0.3, -0.25) is 4.98 Å². The molecule has 2 aromatic rings. The first-order valence-corrected chi connectivity index (χ1v) is 5.41. The Kier molecular flexibility index (Phi) is 3.22. The molecule has 0 aromatic carbocycles. The average Bonchev–Trinajstić information content (AvgIpc) is 2.67. The predicted octanol–water partition coefficient (Wildman–Crippen LogP) is 0.433. The minimum atomic E-state index is -0.0108. The lowest BCUT2D eigenvalue weighted by Gasteiger charge is -2.05.